The second-order valence-electron chi connectivity index (χ2n) is 2.39. The van der Waals surface area contributed by atoms with Gasteiger partial charge < -0.3 is 4.84 Å². The summed E-state index contributed by atoms with van der Waals surface area (Å²) in [6.07, 6.45) is 0. The van der Waals surface area contributed by atoms with Crippen LogP contribution in [0.1, 0.15) is 13.8 Å². The minimum atomic E-state index is 0.681. The van der Waals surface area contributed by atoms with Gasteiger partial charge in [0.2, 0.25) is 0 Å². The highest BCUT2D eigenvalue weighted by Gasteiger charge is 1.96. The molecule has 0 aromatic rings. The van der Waals surface area contributed by atoms with Crippen LogP contribution in [0, 0.1) is 5.92 Å². The van der Waals surface area contributed by atoms with E-state index >= 15 is 0 Å². The van der Waals surface area contributed by atoms with E-state index in [1.807, 2.05) is 12.1 Å². The lowest BCUT2D eigenvalue weighted by Gasteiger charge is -2.14. The van der Waals surface area contributed by atoms with E-state index < -0.39 is 0 Å². The summed E-state index contributed by atoms with van der Waals surface area (Å²) in [4.78, 5) is 4.89. The summed E-state index contributed by atoms with van der Waals surface area (Å²) in [7, 11) is 3.61. The third kappa shape index (κ3) is 4.09. The normalized spacial score (nSPS) is 11.2. The molecule has 2 nitrogen and oxygen atoms in total. The van der Waals surface area contributed by atoms with Crippen LogP contribution in [0.15, 0.2) is 0 Å². The van der Waals surface area contributed by atoms with Crippen LogP contribution in [-0.4, -0.2) is 25.8 Å². The molecule has 0 N–H and O–H groups in total. The fourth-order valence-corrected chi connectivity index (χ4v) is 0.589. The fraction of sp³-hybridized carbons (Fsp3) is 1.00. The molecule has 0 spiro atoms. The van der Waals surface area contributed by atoms with Crippen molar-refractivity contribution in [2.45, 2.75) is 13.8 Å². The van der Waals surface area contributed by atoms with Crippen molar-refractivity contribution in [3.8, 4) is 0 Å². The van der Waals surface area contributed by atoms with Crippen molar-refractivity contribution < 1.29 is 4.84 Å². The van der Waals surface area contributed by atoms with Crippen LogP contribution in [-0.2, 0) is 4.84 Å². The summed E-state index contributed by atoms with van der Waals surface area (Å²) in [5, 5.41) is 1.82. The zero-order chi connectivity index (χ0) is 6.57. The van der Waals surface area contributed by atoms with Crippen LogP contribution in [0.25, 0.3) is 0 Å². The summed E-state index contributed by atoms with van der Waals surface area (Å²) >= 11 is 0. The van der Waals surface area contributed by atoms with Gasteiger partial charge in [-0.25, -0.2) is 0 Å². The predicted octanol–water partition coefficient (Wildman–Crippen LogP) is 1.14. The maximum Gasteiger partial charge on any atom is 0.0575 e. The van der Waals surface area contributed by atoms with Gasteiger partial charge in [-0.05, 0) is 5.92 Å². The first-order valence-corrected chi connectivity index (χ1v) is 2.92. The third-order valence-corrected chi connectivity index (χ3v) is 0.934. The highest BCUT2D eigenvalue weighted by molar-refractivity contribution is 4.43. The predicted molar refractivity (Wildman–Crippen MR) is 34.5 cm³/mol. The first-order chi connectivity index (χ1) is 3.66. The van der Waals surface area contributed by atoms with Crippen molar-refractivity contribution in [3.05, 3.63) is 0 Å². The monoisotopic (exact) mass is 117 g/mol. The molecule has 50 valence electrons. The van der Waals surface area contributed by atoms with Crippen molar-refractivity contribution in [1.82, 2.24) is 5.06 Å². The molecule has 0 aromatic carbocycles. The molecule has 0 saturated heterocycles. The molecule has 0 rings (SSSR count). The Morgan fingerprint density at radius 1 is 1.50 bits per heavy atom. The second kappa shape index (κ2) is 3.87. The van der Waals surface area contributed by atoms with E-state index in [-0.39, 0.29) is 0 Å². The number of rotatable bonds is 3. The molecule has 0 bridgehead atoms. The van der Waals surface area contributed by atoms with Crippen molar-refractivity contribution in [3.63, 3.8) is 0 Å². The van der Waals surface area contributed by atoms with Gasteiger partial charge in [0.05, 0.1) is 7.11 Å². The van der Waals surface area contributed by atoms with Gasteiger partial charge in [0.15, 0.2) is 0 Å². The van der Waals surface area contributed by atoms with E-state index in [9.17, 15) is 0 Å². The molecule has 0 aliphatic rings. The van der Waals surface area contributed by atoms with Crippen LogP contribution < -0.4 is 0 Å². The average molecular weight is 117 g/mol. The molecule has 8 heavy (non-hydrogen) atoms. The molecule has 2 heteroatoms. The molecular weight excluding hydrogens is 102 g/mol. The summed E-state index contributed by atoms with van der Waals surface area (Å²) in [5.74, 6) is 0.681. The Bertz CT molecular complexity index is 54.5. The summed E-state index contributed by atoms with van der Waals surface area (Å²) < 4.78 is 0. The summed E-state index contributed by atoms with van der Waals surface area (Å²) in [6, 6.07) is 0. The molecule has 0 radical (unpaired) electrons. The van der Waals surface area contributed by atoms with E-state index in [2.05, 4.69) is 13.8 Å². The van der Waals surface area contributed by atoms with Gasteiger partial charge in [-0.2, -0.15) is 5.06 Å². The first-order valence-electron chi connectivity index (χ1n) is 2.92. The summed E-state index contributed by atoms with van der Waals surface area (Å²) in [5.41, 5.74) is 0. The maximum absolute atomic E-state index is 4.89. The van der Waals surface area contributed by atoms with Crippen molar-refractivity contribution in [1.29, 1.82) is 0 Å². The Hall–Kier alpha value is -0.0800. The topological polar surface area (TPSA) is 12.5 Å². The Kier molecular flexibility index (Phi) is 3.83. The van der Waals surface area contributed by atoms with Gasteiger partial charge in [-0.15, -0.1) is 0 Å². The number of nitrogens with zero attached hydrogens (tertiary/aromatic N) is 1. The van der Waals surface area contributed by atoms with Gasteiger partial charge in [-0.3, -0.25) is 0 Å². The Morgan fingerprint density at radius 3 is 2.12 bits per heavy atom. The number of hydrogen-bond donors (Lipinski definition) is 0. The first kappa shape index (κ1) is 7.92. The minimum Gasteiger partial charge on any atom is -0.303 e. The van der Waals surface area contributed by atoms with Gasteiger partial charge in [0, 0.05) is 13.6 Å². The standard InChI is InChI=1S/C6H15NO/c1-6(2)5-7(3)8-4/h6H,5H2,1-4H3. The Morgan fingerprint density at radius 2 is 2.00 bits per heavy atom. The van der Waals surface area contributed by atoms with Crippen LogP contribution in [0.2, 0.25) is 0 Å². The molecule has 0 aliphatic heterocycles. The lowest BCUT2D eigenvalue weighted by atomic mass is 10.2. The van der Waals surface area contributed by atoms with Gasteiger partial charge in [-0.1, -0.05) is 13.8 Å². The Labute approximate surface area is 51.4 Å². The highest BCUT2D eigenvalue weighted by atomic mass is 16.7. The number of hydroxylamine groups is 2. The SMILES string of the molecule is CON(C)CC(C)C. The minimum absolute atomic E-state index is 0.681. The van der Waals surface area contributed by atoms with Crippen molar-refractivity contribution in [2.24, 2.45) is 5.92 Å². The van der Waals surface area contributed by atoms with Gasteiger partial charge >= 0.3 is 0 Å². The molecular formula is C6H15NO. The zero-order valence-electron chi connectivity index (χ0n) is 6.14. The van der Waals surface area contributed by atoms with Crippen molar-refractivity contribution >= 4 is 0 Å². The van der Waals surface area contributed by atoms with Crippen LogP contribution >= 0.6 is 0 Å². The second-order valence-corrected chi connectivity index (χ2v) is 2.39. The highest BCUT2D eigenvalue weighted by Crippen LogP contribution is 1.93. The molecule has 0 unspecified atom stereocenters. The molecule has 0 aliphatic carbocycles. The zero-order valence-corrected chi connectivity index (χ0v) is 6.14. The van der Waals surface area contributed by atoms with Gasteiger partial charge in [0.1, 0.15) is 0 Å². The van der Waals surface area contributed by atoms with E-state index in [1.54, 1.807) is 7.11 Å². The van der Waals surface area contributed by atoms with Gasteiger partial charge in [0.25, 0.3) is 0 Å². The fourth-order valence-electron chi connectivity index (χ4n) is 0.589. The third-order valence-electron chi connectivity index (χ3n) is 0.934. The lowest BCUT2D eigenvalue weighted by molar-refractivity contribution is -0.115. The smallest absolute Gasteiger partial charge is 0.0575 e. The Balaban J connectivity index is 3.10. The molecule has 0 amide bonds. The molecule has 0 aromatic heterocycles. The van der Waals surface area contributed by atoms with Crippen LogP contribution in [0.5, 0.6) is 0 Å². The molecule has 0 saturated carbocycles. The molecule has 0 heterocycles. The maximum atomic E-state index is 4.89. The van der Waals surface area contributed by atoms with Crippen molar-refractivity contribution in [2.75, 3.05) is 20.7 Å². The van der Waals surface area contributed by atoms with E-state index in [0.29, 0.717) is 5.92 Å². The summed E-state index contributed by atoms with van der Waals surface area (Å²) in [6.45, 7) is 5.32. The van der Waals surface area contributed by atoms with E-state index in [0.717, 1.165) is 6.54 Å². The van der Waals surface area contributed by atoms with E-state index in [4.69, 9.17) is 4.84 Å². The van der Waals surface area contributed by atoms with Crippen LogP contribution in [0.3, 0.4) is 0 Å². The average Bonchev–Trinajstić information content (AvgIpc) is 1.65. The number of hydrogen-bond acceptors (Lipinski definition) is 2. The largest absolute Gasteiger partial charge is 0.303 e. The molecule has 0 atom stereocenters. The van der Waals surface area contributed by atoms with Crippen LogP contribution in [0.4, 0.5) is 0 Å². The van der Waals surface area contributed by atoms with E-state index in [1.165, 1.54) is 0 Å². The quantitative estimate of drug-likeness (QED) is 0.514. The lowest BCUT2D eigenvalue weighted by Crippen LogP contribution is -2.21. The molecule has 0 fully saturated rings.